The second-order valence-electron chi connectivity index (χ2n) is 4.41. The monoisotopic (exact) mass is 165 g/mol. The summed E-state index contributed by atoms with van der Waals surface area (Å²) in [6.07, 6.45) is 0. The zero-order valence-corrected chi connectivity index (χ0v) is 8.38. The first kappa shape index (κ1) is 8.31. The summed E-state index contributed by atoms with van der Waals surface area (Å²) < 4.78 is 0. The molecule has 0 spiro atoms. The molecule has 0 amide bonds. The van der Waals surface area contributed by atoms with E-state index in [1.807, 2.05) is 0 Å². The van der Waals surface area contributed by atoms with Gasteiger partial charge in [0.05, 0.1) is 0 Å². The third kappa shape index (κ3) is 0.832. The van der Waals surface area contributed by atoms with Gasteiger partial charge in [0.25, 0.3) is 0 Å². The van der Waals surface area contributed by atoms with Crippen molar-refractivity contribution in [1.82, 2.24) is 4.90 Å². The van der Waals surface area contributed by atoms with Crippen molar-refractivity contribution in [1.29, 1.82) is 0 Å². The predicted molar refractivity (Wildman–Crippen MR) is 52.0 cm³/mol. The van der Waals surface area contributed by atoms with Crippen molar-refractivity contribution in [2.45, 2.75) is 26.8 Å². The lowest BCUT2D eigenvalue weighted by Crippen LogP contribution is -2.55. The van der Waals surface area contributed by atoms with Crippen LogP contribution in [0.3, 0.4) is 0 Å². The molecule has 1 aliphatic carbocycles. The van der Waals surface area contributed by atoms with Crippen LogP contribution in [0.5, 0.6) is 0 Å². The van der Waals surface area contributed by atoms with E-state index in [9.17, 15) is 0 Å². The largest absolute Gasteiger partial charge is 0.299 e. The van der Waals surface area contributed by atoms with E-state index in [0.29, 0.717) is 0 Å². The van der Waals surface area contributed by atoms with Crippen LogP contribution in [0.2, 0.25) is 0 Å². The quantitative estimate of drug-likeness (QED) is 0.538. The molecule has 0 aromatic heterocycles. The Kier molecular flexibility index (Phi) is 1.80. The molecule has 1 saturated heterocycles. The van der Waals surface area contributed by atoms with Gasteiger partial charge in [0.1, 0.15) is 0 Å². The Bertz CT molecular complexity index is 209. The van der Waals surface area contributed by atoms with E-state index in [4.69, 9.17) is 0 Å². The lowest BCUT2D eigenvalue weighted by atomic mass is 9.87. The summed E-state index contributed by atoms with van der Waals surface area (Å²) in [6.45, 7) is 13.7. The predicted octanol–water partition coefficient (Wildman–Crippen LogP) is 2.15. The van der Waals surface area contributed by atoms with Crippen molar-refractivity contribution in [3.63, 3.8) is 0 Å². The van der Waals surface area contributed by atoms with Gasteiger partial charge in [-0.3, -0.25) is 4.90 Å². The van der Waals surface area contributed by atoms with Gasteiger partial charge in [0, 0.05) is 18.5 Å². The fraction of sp³-hybridized carbons (Fsp3) is 0.818. The van der Waals surface area contributed by atoms with E-state index in [1.54, 1.807) is 0 Å². The first-order chi connectivity index (χ1) is 5.66. The number of hydrogen-bond donors (Lipinski definition) is 0. The molecule has 0 aromatic rings. The lowest BCUT2D eigenvalue weighted by molar-refractivity contribution is 0.0310. The summed E-state index contributed by atoms with van der Waals surface area (Å²) in [5, 5.41) is 0. The highest BCUT2D eigenvalue weighted by atomic mass is 15.2. The molecule has 2 aliphatic rings. The van der Waals surface area contributed by atoms with Gasteiger partial charge in [0.15, 0.2) is 0 Å². The van der Waals surface area contributed by atoms with Crippen molar-refractivity contribution >= 4 is 0 Å². The molecule has 4 atom stereocenters. The van der Waals surface area contributed by atoms with Gasteiger partial charge < -0.3 is 0 Å². The van der Waals surface area contributed by atoms with Crippen LogP contribution in [0.25, 0.3) is 0 Å². The molecular formula is C11H19N. The summed E-state index contributed by atoms with van der Waals surface area (Å²) in [4.78, 5) is 2.59. The van der Waals surface area contributed by atoms with Gasteiger partial charge in [-0.15, -0.1) is 0 Å². The highest BCUT2D eigenvalue weighted by Gasteiger charge is 2.50. The van der Waals surface area contributed by atoms with E-state index < -0.39 is 0 Å². The van der Waals surface area contributed by atoms with Crippen LogP contribution in [0, 0.1) is 17.8 Å². The Hall–Kier alpha value is -0.300. The summed E-state index contributed by atoms with van der Waals surface area (Å²) in [5.41, 5.74) is 1.51. The van der Waals surface area contributed by atoms with E-state index in [1.165, 1.54) is 18.7 Å². The van der Waals surface area contributed by atoms with E-state index >= 15 is 0 Å². The van der Waals surface area contributed by atoms with Crippen molar-refractivity contribution < 1.29 is 0 Å². The van der Waals surface area contributed by atoms with Crippen LogP contribution >= 0.6 is 0 Å². The maximum atomic E-state index is 4.21. The number of likely N-dealkylation sites (tertiary alicyclic amines) is 1. The normalized spacial score (nSPS) is 47.4. The van der Waals surface area contributed by atoms with Crippen LogP contribution in [-0.4, -0.2) is 24.0 Å². The van der Waals surface area contributed by atoms with Gasteiger partial charge in [-0.2, -0.15) is 0 Å². The lowest BCUT2D eigenvalue weighted by Gasteiger charge is -2.46. The minimum atomic E-state index is 0.747. The summed E-state index contributed by atoms with van der Waals surface area (Å²) >= 11 is 0. The molecule has 1 saturated carbocycles. The van der Waals surface area contributed by atoms with E-state index in [2.05, 4.69) is 32.3 Å². The molecule has 68 valence electrons. The fourth-order valence-electron chi connectivity index (χ4n) is 2.95. The van der Waals surface area contributed by atoms with Crippen molar-refractivity contribution in [3.8, 4) is 0 Å². The topological polar surface area (TPSA) is 3.24 Å². The zero-order chi connectivity index (χ0) is 8.88. The van der Waals surface area contributed by atoms with Crippen molar-refractivity contribution in [3.05, 3.63) is 12.2 Å². The second kappa shape index (κ2) is 2.59. The molecule has 1 nitrogen and oxygen atoms in total. The molecule has 12 heavy (non-hydrogen) atoms. The third-order valence-corrected chi connectivity index (χ3v) is 4.06. The number of rotatable bonds is 1. The Balaban J connectivity index is 2.14. The number of hydrogen-bond acceptors (Lipinski definition) is 1. The SMILES string of the molecule is C=C1C(C)C(C)C2C1CN2CC. The Morgan fingerprint density at radius 2 is 2.17 bits per heavy atom. The Labute approximate surface area is 75.4 Å². The molecule has 0 N–H and O–H groups in total. The van der Waals surface area contributed by atoms with Gasteiger partial charge in [-0.1, -0.05) is 32.9 Å². The molecule has 2 fully saturated rings. The van der Waals surface area contributed by atoms with Gasteiger partial charge in [-0.25, -0.2) is 0 Å². The molecule has 4 unspecified atom stereocenters. The smallest absolute Gasteiger partial charge is 0.0204 e. The number of nitrogens with zero attached hydrogens (tertiary/aromatic N) is 1. The first-order valence-corrected chi connectivity index (χ1v) is 5.09. The van der Waals surface area contributed by atoms with Gasteiger partial charge in [-0.05, 0) is 18.4 Å². The van der Waals surface area contributed by atoms with Crippen molar-refractivity contribution in [2.75, 3.05) is 13.1 Å². The van der Waals surface area contributed by atoms with Crippen molar-refractivity contribution in [2.24, 2.45) is 17.8 Å². The van der Waals surface area contributed by atoms with Crippen LogP contribution in [0.1, 0.15) is 20.8 Å². The number of fused-ring (bicyclic) bond motifs is 1. The molecular weight excluding hydrogens is 146 g/mol. The summed E-state index contributed by atoms with van der Waals surface area (Å²) in [6, 6.07) is 0.831. The average molecular weight is 165 g/mol. The standard InChI is InChI=1S/C11H19N/c1-5-12-6-10-8(3)7(2)9(4)11(10)12/h7,9-11H,3,5-6H2,1-2,4H3. The molecule has 0 bridgehead atoms. The molecule has 1 aliphatic heterocycles. The average Bonchev–Trinajstić information content (AvgIpc) is 2.14. The highest BCUT2D eigenvalue weighted by molar-refractivity contribution is 5.23. The molecule has 2 rings (SSSR count). The summed E-state index contributed by atoms with van der Waals surface area (Å²) in [7, 11) is 0. The maximum Gasteiger partial charge on any atom is 0.0204 e. The third-order valence-electron chi connectivity index (χ3n) is 4.06. The maximum absolute atomic E-state index is 4.21. The van der Waals surface area contributed by atoms with Gasteiger partial charge in [0.2, 0.25) is 0 Å². The van der Waals surface area contributed by atoms with Crippen LogP contribution in [-0.2, 0) is 0 Å². The van der Waals surface area contributed by atoms with Crippen LogP contribution in [0.15, 0.2) is 12.2 Å². The zero-order valence-electron chi connectivity index (χ0n) is 8.38. The molecule has 0 radical (unpaired) electrons. The minimum Gasteiger partial charge on any atom is -0.299 e. The second-order valence-corrected chi connectivity index (χ2v) is 4.41. The fourth-order valence-corrected chi connectivity index (χ4v) is 2.95. The van der Waals surface area contributed by atoms with Gasteiger partial charge >= 0.3 is 0 Å². The first-order valence-electron chi connectivity index (χ1n) is 5.09. The minimum absolute atomic E-state index is 0.747. The Morgan fingerprint density at radius 3 is 2.67 bits per heavy atom. The Morgan fingerprint density at radius 1 is 1.50 bits per heavy atom. The van der Waals surface area contributed by atoms with Crippen LogP contribution in [0.4, 0.5) is 0 Å². The summed E-state index contributed by atoms with van der Waals surface area (Å²) in [5.74, 6) is 2.41. The molecule has 0 aromatic carbocycles. The molecule has 1 heterocycles. The highest BCUT2D eigenvalue weighted by Crippen LogP contribution is 2.48. The van der Waals surface area contributed by atoms with E-state index in [0.717, 1.165) is 23.8 Å². The van der Waals surface area contributed by atoms with Crippen LogP contribution < -0.4 is 0 Å². The molecule has 1 heteroatoms. The van der Waals surface area contributed by atoms with E-state index in [-0.39, 0.29) is 0 Å².